The molecule has 6 nitrogen and oxygen atoms in total. The second kappa shape index (κ2) is 7.17. The van der Waals surface area contributed by atoms with Crippen molar-refractivity contribution in [2.45, 2.75) is 32.7 Å². The number of nitrogens with zero attached hydrogens (tertiary/aromatic N) is 3. The smallest absolute Gasteiger partial charge is 0.217 e. The van der Waals surface area contributed by atoms with Crippen molar-refractivity contribution in [3.63, 3.8) is 0 Å². The number of piperazine rings is 1. The van der Waals surface area contributed by atoms with Gasteiger partial charge in [-0.2, -0.15) is 0 Å². The summed E-state index contributed by atoms with van der Waals surface area (Å²) in [6, 6.07) is 7.46. The second-order valence-electron chi connectivity index (χ2n) is 6.85. The quantitative estimate of drug-likeness (QED) is 0.856. The summed E-state index contributed by atoms with van der Waals surface area (Å²) in [6.07, 6.45) is 1.06. The molecular formula is C19H26N4O2. The van der Waals surface area contributed by atoms with Gasteiger partial charge in [-0.25, -0.2) is 0 Å². The minimum atomic E-state index is -0.276. The van der Waals surface area contributed by atoms with Crippen molar-refractivity contribution in [1.29, 1.82) is 0 Å². The Hall–Kier alpha value is -2.50. The number of carbonyl (C=O) groups is 1. The predicted octanol–water partition coefficient (Wildman–Crippen LogP) is 1.90. The monoisotopic (exact) mass is 342 g/mol. The molecule has 0 radical (unpaired) electrons. The second-order valence-corrected chi connectivity index (χ2v) is 6.85. The number of carbonyl (C=O) groups excluding carboxylic acids is 1. The third-order valence-electron chi connectivity index (χ3n) is 4.98. The summed E-state index contributed by atoms with van der Waals surface area (Å²) in [7, 11) is 0. The van der Waals surface area contributed by atoms with Gasteiger partial charge in [-0.15, -0.1) is 0 Å². The van der Waals surface area contributed by atoms with Crippen LogP contribution in [0.1, 0.15) is 26.7 Å². The topological polar surface area (TPSA) is 82.2 Å². The van der Waals surface area contributed by atoms with E-state index in [4.69, 9.17) is 5.73 Å². The molecule has 1 aromatic rings. The number of amides is 1. The van der Waals surface area contributed by atoms with Crippen LogP contribution in [-0.4, -0.2) is 53.8 Å². The van der Waals surface area contributed by atoms with Gasteiger partial charge in [0, 0.05) is 43.9 Å². The molecule has 0 bridgehead atoms. The zero-order valence-corrected chi connectivity index (χ0v) is 14.9. The molecule has 2 aliphatic rings. The van der Waals surface area contributed by atoms with E-state index in [2.05, 4.69) is 28.6 Å². The number of phenolic OH excluding ortho intramolecular Hbond substituents is 1. The van der Waals surface area contributed by atoms with Crippen LogP contribution in [0.5, 0.6) is 5.75 Å². The number of hydrogen-bond acceptors (Lipinski definition) is 5. The number of benzene rings is 1. The molecule has 0 aromatic heterocycles. The van der Waals surface area contributed by atoms with Crippen LogP contribution in [-0.2, 0) is 4.79 Å². The van der Waals surface area contributed by atoms with Gasteiger partial charge in [-0.3, -0.25) is 9.79 Å². The van der Waals surface area contributed by atoms with Gasteiger partial charge in [0.25, 0.3) is 0 Å². The van der Waals surface area contributed by atoms with Crippen LogP contribution < -0.4 is 10.6 Å². The van der Waals surface area contributed by atoms with E-state index in [-0.39, 0.29) is 17.7 Å². The number of nitrogens with two attached hydrogens (primary N) is 1. The summed E-state index contributed by atoms with van der Waals surface area (Å²) in [6.45, 7) is 7.52. The molecule has 1 aromatic carbocycles. The largest absolute Gasteiger partial charge is 0.508 e. The molecule has 1 unspecified atom stereocenters. The lowest BCUT2D eigenvalue weighted by Crippen LogP contribution is -2.53. The molecule has 3 rings (SSSR count). The van der Waals surface area contributed by atoms with Crippen molar-refractivity contribution in [3.05, 3.63) is 35.5 Å². The zero-order chi connectivity index (χ0) is 18.0. The molecule has 2 aliphatic heterocycles. The highest BCUT2D eigenvalue weighted by Crippen LogP contribution is 2.29. The first kappa shape index (κ1) is 17.3. The Bertz CT molecular complexity index is 726. The maximum Gasteiger partial charge on any atom is 0.217 e. The highest BCUT2D eigenvalue weighted by atomic mass is 16.3. The molecule has 1 amide bonds. The Kier molecular flexibility index (Phi) is 4.97. The Morgan fingerprint density at radius 1 is 1.36 bits per heavy atom. The van der Waals surface area contributed by atoms with Crippen LogP contribution in [0.4, 0.5) is 5.69 Å². The Balaban J connectivity index is 1.82. The van der Waals surface area contributed by atoms with Gasteiger partial charge in [-0.1, -0.05) is 6.07 Å². The summed E-state index contributed by atoms with van der Waals surface area (Å²) in [5, 5.41) is 9.81. The van der Waals surface area contributed by atoms with Crippen molar-refractivity contribution < 1.29 is 9.90 Å². The maximum absolute atomic E-state index is 11.3. The molecule has 6 heteroatoms. The Labute approximate surface area is 148 Å². The maximum atomic E-state index is 11.3. The van der Waals surface area contributed by atoms with Crippen molar-refractivity contribution in [2.75, 3.05) is 31.1 Å². The molecule has 0 aliphatic carbocycles. The molecule has 25 heavy (non-hydrogen) atoms. The summed E-state index contributed by atoms with van der Waals surface area (Å²) >= 11 is 0. The van der Waals surface area contributed by atoms with E-state index >= 15 is 0 Å². The lowest BCUT2D eigenvalue weighted by Gasteiger charge is -2.44. The van der Waals surface area contributed by atoms with E-state index < -0.39 is 0 Å². The molecular weight excluding hydrogens is 316 g/mol. The fraction of sp³-hybridized carbons (Fsp3) is 0.474. The first-order chi connectivity index (χ1) is 12.0. The third-order valence-corrected chi connectivity index (χ3v) is 4.98. The fourth-order valence-electron chi connectivity index (χ4n) is 3.82. The minimum Gasteiger partial charge on any atom is -0.508 e. The fourth-order valence-corrected chi connectivity index (χ4v) is 3.82. The first-order valence-electron chi connectivity index (χ1n) is 8.76. The van der Waals surface area contributed by atoms with Crippen LogP contribution in [0.15, 0.2) is 40.5 Å². The zero-order valence-electron chi connectivity index (χ0n) is 14.9. The average molecular weight is 342 g/mol. The van der Waals surface area contributed by atoms with Crippen LogP contribution in [0.3, 0.4) is 0 Å². The highest BCUT2D eigenvalue weighted by molar-refractivity contribution is 6.00. The standard InChI is InChI=1S/C19H26N4O2/c1-13-11-21-14(2)19(13)22-8-9-23(15-4-3-5-17(24)10-15)16(12-22)6-7-18(20)25/h3-5,10,16,24H,6-9,11-12H2,1-2H3,(H2,20,25). The summed E-state index contributed by atoms with van der Waals surface area (Å²) in [5.74, 6) is -0.0205. The SMILES string of the molecule is CC1=NCC(C)=C1N1CCN(c2cccc(O)c2)C(CCC(N)=O)C1. The van der Waals surface area contributed by atoms with Crippen LogP contribution in [0.2, 0.25) is 0 Å². The predicted molar refractivity (Wildman–Crippen MR) is 99.9 cm³/mol. The van der Waals surface area contributed by atoms with Gasteiger partial charge in [0.05, 0.1) is 18.0 Å². The van der Waals surface area contributed by atoms with Crippen LogP contribution >= 0.6 is 0 Å². The third kappa shape index (κ3) is 3.78. The van der Waals surface area contributed by atoms with E-state index in [0.29, 0.717) is 12.8 Å². The number of allylic oxidation sites excluding steroid dienone is 1. The number of phenols is 1. The first-order valence-corrected chi connectivity index (χ1v) is 8.76. The molecule has 1 atom stereocenters. The van der Waals surface area contributed by atoms with E-state index in [1.807, 2.05) is 12.1 Å². The van der Waals surface area contributed by atoms with Gasteiger partial charge in [-0.05, 0) is 38.0 Å². The van der Waals surface area contributed by atoms with Crippen molar-refractivity contribution in [1.82, 2.24) is 4.90 Å². The normalized spacial score (nSPS) is 20.9. The summed E-state index contributed by atoms with van der Waals surface area (Å²) in [5.41, 5.74) is 10.0. The van der Waals surface area contributed by atoms with Gasteiger partial charge < -0.3 is 20.6 Å². The van der Waals surface area contributed by atoms with E-state index in [9.17, 15) is 9.90 Å². The van der Waals surface area contributed by atoms with E-state index in [1.165, 1.54) is 11.3 Å². The Morgan fingerprint density at radius 2 is 2.16 bits per heavy atom. The summed E-state index contributed by atoms with van der Waals surface area (Å²) in [4.78, 5) is 20.5. The number of primary amides is 1. The number of rotatable bonds is 5. The molecule has 3 N–H and O–H groups in total. The lowest BCUT2D eigenvalue weighted by atomic mass is 10.0. The van der Waals surface area contributed by atoms with Crippen LogP contribution in [0.25, 0.3) is 0 Å². The van der Waals surface area contributed by atoms with Crippen molar-refractivity contribution in [2.24, 2.45) is 10.7 Å². The van der Waals surface area contributed by atoms with Crippen LogP contribution in [0, 0.1) is 0 Å². The van der Waals surface area contributed by atoms with Crippen molar-refractivity contribution in [3.8, 4) is 5.75 Å². The van der Waals surface area contributed by atoms with E-state index in [1.54, 1.807) is 12.1 Å². The Morgan fingerprint density at radius 3 is 2.80 bits per heavy atom. The molecule has 1 saturated heterocycles. The average Bonchev–Trinajstić information content (AvgIpc) is 2.91. The number of aromatic hydroxyl groups is 1. The molecule has 0 saturated carbocycles. The number of anilines is 1. The molecule has 134 valence electrons. The van der Waals surface area contributed by atoms with Gasteiger partial charge >= 0.3 is 0 Å². The molecule has 0 spiro atoms. The lowest BCUT2D eigenvalue weighted by molar-refractivity contribution is -0.118. The number of hydrogen-bond donors (Lipinski definition) is 2. The van der Waals surface area contributed by atoms with Gasteiger partial charge in [0.15, 0.2) is 0 Å². The van der Waals surface area contributed by atoms with E-state index in [0.717, 1.165) is 37.6 Å². The molecule has 1 fully saturated rings. The highest BCUT2D eigenvalue weighted by Gasteiger charge is 2.31. The van der Waals surface area contributed by atoms with Gasteiger partial charge in [0.2, 0.25) is 5.91 Å². The minimum absolute atomic E-state index is 0.164. The number of aliphatic imine (C=N–C) groups is 1. The molecule has 2 heterocycles. The summed E-state index contributed by atoms with van der Waals surface area (Å²) < 4.78 is 0. The van der Waals surface area contributed by atoms with Crippen molar-refractivity contribution >= 4 is 17.3 Å². The van der Waals surface area contributed by atoms with Gasteiger partial charge in [0.1, 0.15) is 5.75 Å².